The molecule has 0 saturated carbocycles. The minimum Gasteiger partial charge on any atom is -0.380 e. The van der Waals surface area contributed by atoms with Crippen molar-refractivity contribution in [2.24, 2.45) is 7.05 Å². The van der Waals surface area contributed by atoms with E-state index in [1.165, 1.54) is 4.57 Å². The van der Waals surface area contributed by atoms with E-state index in [4.69, 9.17) is 4.74 Å². The maximum Gasteiger partial charge on any atom is 0.329 e. The van der Waals surface area contributed by atoms with Gasteiger partial charge >= 0.3 is 5.69 Å². The molecule has 0 atom stereocenters. The van der Waals surface area contributed by atoms with Crippen molar-refractivity contribution in [2.75, 3.05) is 13.2 Å². The van der Waals surface area contributed by atoms with Gasteiger partial charge < -0.3 is 9.30 Å². The average molecular weight is 317 g/mol. The fourth-order valence-electron chi connectivity index (χ4n) is 1.71. The summed E-state index contributed by atoms with van der Waals surface area (Å²) in [7, 11) is 1.56. The molecule has 18 heavy (non-hydrogen) atoms. The topological polar surface area (TPSA) is 81.9 Å². The first-order valence-electron chi connectivity index (χ1n) is 5.49. The van der Waals surface area contributed by atoms with Crippen molar-refractivity contribution in [1.82, 2.24) is 19.1 Å². The Morgan fingerprint density at radius 3 is 2.83 bits per heavy atom. The quantitative estimate of drug-likeness (QED) is 0.646. The summed E-state index contributed by atoms with van der Waals surface area (Å²) >= 11 is 3.28. The first-order chi connectivity index (χ1) is 8.56. The Bertz CT molecular complexity index is 685. The van der Waals surface area contributed by atoms with Crippen molar-refractivity contribution >= 4 is 27.1 Å². The van der Waals surface area contributed by atoms with Crippen molar-refractivity contribution in [2.45, 2.75) is 13.5 Å². The molecule has 1 N–H and O–H groups in total. The molecule has 2 rings (SSSR count). The summed E-state index contributed by atoms with van der Waals surface area (Å²) in [4.78, 5) is 29.7. The lowest BCUT2D eigenvalue weighted by atomic mass is 10.5. The predicted octanol–water partition coefficient (Wildman–Crippen LogP) is 0.222. The number of hydrogen-bond acceptors (Lipinski definition) is 4. The summed E-state index contributed by atoms with van der Waals surface area (Å²) in [6.45, 7) is 3.48. The summed E-state index contributed by atoms with van der Waals surface area (Å²) < 4.78 is 8.75. The third kappa shape index (κ3) is 2.13. The standard InChI is InChI=1S/C10H13BrN4O3/c1-3-18-5-4-15-6-7(12-9(15)11)14(2)10(17)13-8(6)16/h3-5H2,1-2H3,(H,13,16,17). The van der Waals surface area contributed by atoms with Crippen LogP contribution < -0.4 is 11.2 Å². The van der Waals surface area contributed by atoms with Crippen LogP contribution in [-0.4, -0.2) is 32.3 Å². The second-order valence-corrected chi connectivity index (χ2v) is 4.43. The molecule has 8 heteroatoms. The number of nitrogens with zero attached hydrogens (tertiary/aromatic N) is 3. The van der Waals surface area contributed by atoms with Crippen LogP contribution in [0.4, 0.5) is 0 Å². The Hall–Kier alpha value is -1.41. The molecular weight excluding hydrogens is 304 g/mol. The highest BCUT2D eigenvalue weighted by molar-refractivity contribution is 9.10. The number of aromatic nitrogens is 4. The SMILES string of the molecule is CCOCCn1c(Br)nc2c1c(=O)[nH]c(=O)n2C. The maximum atomic E-state index is 11.8. The lowest BCUT2D eigenvalue weighted by Gasteiger charge is -2.05. The second kappa shape index (κ2) is 5.07. The first kappa shape index (κ1) is 13.0. The number of fused-ring (bicyclic) bond motifs is 1. The molecular formula is C10H13BrN4O3. The molecule has 2 heterocycles. The van der Waals surface area contributed by atoms with Crippen LogP contribution >= 0.6 is 15.9 Å². The number of imidazole rings is 1. The second-order valence-electron chi connectivity index (χ2n) is 3.72. The molecule has 2 aromatic rings. The van der Waals surface area contributed by atoms with E-state index in [0.29, 0.717) is 35.7 Å². The van der Waals surface area contributed by atoms with Crippen molar-refractivity contribution in [3.8, 4) is 0 Å². The molecule has 0 saturated heterocycles. The van der Waals surface area contributed by atoms with Crippen molar-refractivity contribution in [3.63, 3.8) is 0 Å². The van der Waals surface area contributed by atoms with Gasteiger partial charge in [0.15, 0.2) is 15.9 Å². The van der Waals surface area contributed by atoms with Gasteiger partial charge in [-0.1, -0.05) is 0 Å². The molecule has 0 unspecified atom stereocenters. The van der Waals surface area contributed by atoms with E-state index in [1.807, 2.05) is 6.92 Å². The van der Waals surface area contributed by atoms with Gasteiger partial charge in [-0.2, -0.15) is 0 Å². The van der Waals surface area contributed by atoms with Crippen LogP contribution in [0.25, 0.3) is 11.2 Å². The molecule has 0 radical (unpaired) electrons. The van der Waals surface area contributed by atoms with E-state index in [2.05, 4.69) is 25.9 Å². The van der Waals surface area contributed by atoms with Gasteiger partial charge in [-0.25, -0.2) is 9.78 Å². The molecule has 0 amide bonds. The average Bonchev–Trinajstić information content (AvgIpc) is 2.65. The fourth-order valence-corrected chi connectivity index (χ4v) is 2.23. The van der Waals surface area contributed by atoms with Crippen LogP contribution in [-0.2, 0) is 18.3 Å². The van der Waals surface area contributed by atoms with Crippen LogP contribution in [0.2, 0.25) is 0 Å². The van der Waals surface area contributed by atoms with E-state index < -0.39 is 11.2 Å². The molecule has 0 spiro atoms. The van der Waals surface area contributed by atoms with E-state index in [0.717, 1.165) is 0 Å². The van der Waals surface area contributed by atoms with Crippen LogP contribution in [0.1, 0.15) is 6.92 Å². The molecule has 7 nitrogen and oxygen atoms in total. The number of nitrogens with one attached hydrogen (secondary N) is 1. The van der Waals surface area contributed by atoms with Gasteiger partial charge in [-0.3, -0.25) is 14.3 Å². The molecule has 0 aliphatic heterocycles. The fraction of sp³-hybridized carbons (Fsp3) is 0.500. The van der Waals surface area contributed by atoms with Gasteiger partial charge in [0.1, 0.15) is 0 Å². The Morgan fingerprint density at radius 2 is 2.17 bits per heavy atom. The Labute approximate surface area is 111 Å². The number of H-pyrrole nitrogens is 1. The van der Waals surface area contributed by atoms with Gasteiger partial charge in [-0.05, 0) is 22.9 Å². The molecule has 0 bridgehead atoms. The molecule has 98 valence electrons. The highest BCUT2D eigenvalue weighted by Gasteiger charge is 2.15. The van der Waals surface area contributed by atoms with E-state index in [9.17, 15) is 9.59 Å². The van der Waals surface area contributed by atoms with Gasteiger partial charge in [0, 0.05) is 20.2 Å². The summed E-state index contributed by atoms with van der Waals surface area (Å²) in [5, 5.41) is 0. The van der Waals surface area contributed by atoms with Crippen LogP contribution in [0.15, 0.2) is 14.3 Å². The molecule has 0 aliphatic carbocycles. The number of ether oxygens (including phenoxy) is 1. The largest absolute Gasteiger partial charge is 0.380 e. The van der Waals surface area contributed by atoms with Gasteiger partial charge in [0.2, 0.25) is 0 Å². The van der Waals surface area contributed by atoms with Crippen LogP contribution in [0, 0.1) is 0 Å². The third-order valence-electron chi connectivity index (χ3n) is 2.62. The molecule has 0 fully saturated rings. The monoisotopic (exact) mass is 316 g/mol. The lowest BCUT2D eigenvalue weighted by Crippen LogP contribution is -2.29. The van der Waals surface area contributed by atoms with Crippen molar-refractivity contribution < 1.29 is 4.74 Å². The molecule has 0 aliphatic rings. The van der Waals surface area contributed by atoms with Gasteiger partial charge in [-0.15, -0.1) is 0 Å². The minimum absolute atomic E-state index is 0.354. The van der Waals surface area contributed by atoms with Crippen molar-refractivity contribution in [1.29, 1.82) is 0 Å². The number of halogens is 1. The van der Waals surface area contributed by atoms with Crippen LogP contribution in [0.3, 0.4) is 0 Å². The highest BCUT2D eigenvalue weighted by Crippen LogP contribution is 2.15. The smallest absolute Gasteiger partial charge is 0.329 e. The summed E-state index contributed by atoms with van der Waals surface area (Å²) in [6.07, 6.45) is 0. The van der Waals surface area contributed by atoms with Crippen LogP contribution in [0.5, 0.6) is 0 Å². The summed E-state index contributed by atoms with van der Waals surface area (Å²) in [5.41, 5.74) is -0.201. The van der Waals surface area contributed by atoms with E-state index in [1.54, 1.807) is 11.6 Å². The lowest BCUT2D eigenvalue weighted by molar-refractivity contribution is 0.139. The Kier molecular flexibility index (Phi) is 3.67. The van der Waals surface area contributed by atoms with Gasteiger partial charge in [0.05, 0.1) is 6.61 Å². The number of hydrogen-bond donors (Lipinski definition) is 1. The molecule has 2 aromatic heterocycles. The summed E-state index contributed by atoms with van der Waals surface area (Å²) in [5.74, 6) is 0. The summed E-state index contributed by atoms with van der Waals surface area (Å²) in [6, 6.07) is 0. The van der Waals surface area contributed by atoms with Gasteiger partial charge in [0.25, 0.3) is 5.56 Å². The normalized spacial score (nSPS) is 11.3. The van der Waals surface area contributed by atoms with E-state index in [-0.39, 0.29) is 0 Å². The minimum atomic E-state index is -0.477. The predicted molar refractivity (Wildman–Crippen MR) is 69.8 cm³/mol. The number of aryl methyl sites for hydroxylation is 1. The van der Waals surface area contributed by atoms with Crippen molar-refractivity contribution in [3.05, 3.63) is 25.6 Å². The first-order valence-corrected chi connectivity index (χ1v) is 6.28. The number of rotatable bonds is 4. The van der Waals surface area contributed by atoms with E-state index >= 15 is 0 Å². The zero-order valence-corrected chi connectivity index (χ0v) is 11.7. The maximum absolute atomic E-state index is 11.8. The zero-order valence-electron chi connectivity index (χ0n) is 10.1. The number of aromatic amines is 1. The zero-order chi connectivity index (χ0) is 13.3. The highest BCUT2D eigenvalue weighted by atomic mass is 79.9. The Balaban J connectivity index is 2.60. The third-order valence-corrected chi connectivity index (χ3v) is 3.23. The molecule has 0 aromatic carbocycles. The Morgan fingerprint density at radius 1 is 1.44 bits per heavy atom.